The van der Waals surface area contributed by atoms with Crippen LogP contribution in [0.3, 0.4) is 0 Å². The Morgan fingerprint density at radius 1 is 0.763 bits per heavy atom. The Balaban J connectivity index is 1.17. The largest absolute Gasteiger partial charge is 0.454 e. The number of ketones is 1. The van der Waals surface area contributed by atoms with Crippen LogP contribution in [0.15, 0.2) is 78.9 Å². The Bertz CT molecular complexity index is 1410. The lowest BCUT2D eigenvalue weighted by Crippen LogP contribution is -2.37. The van der Waals surface area contributed by atoms with Gasteiger partial charge < -0.3 is 4.74 Å². The number of anilines is 1. The number of hydrogen-bond donors (Lipinski definition) is 0. The third kappa shape index (κ3) is 4.05. The zero-order chi connectivity index (χ0) is 26.6. The van der Waals surface area contributed by atoms with E-state index in [1.165, 1.54) is 6.07 Å². The van der Waals surface area contributed by atoms with E-state index < -0.39 is 24.4 Å². The van der Waals surface area contributed by atoms with Gasteiger partial charge in [-0.25, -0.2) is 9.69 Å². The molecule has 3 aromatic rings. The van der Waals surface area contributed by atoms with Gasteiger partial charge in [-0.15, -0.1) is 0 Å². The highest BCUT2D eigenvalue weighted by Gasteiger charge is 2.66. The summed E-state index contributed by atoms with van der Waals surface area (Å²) in [6.45, 7) is -0.453. The summed E-state index contributed by atoms with van der Waals surface area (Å²) >= 11 is 7.39. The molecule has 2 amide bonds. The SMILES string of the molecule is O=C(COC(=O)c1ccccc1N1C(=O)[C@H]2[C@@H]3C[C@@H]([C@H](Br)[C@@H]3Br)[C@@H]2C1=O)c1ccc(-c2ccccc2)cc1. The van der Waals surface area contributed by atoms with Crippen molar-refractivity contribution in [3.63, 3.8) is 0 Å². The van der Waals surface area contributed by atoms with Crippen molar-refractivity contribution in [2.24, 2.45) is 23.7 Å². The predicted octanol–water partition coefficient (Wildman–Crippen LogP) is 5.68. The molecule has 2 bridgehead atoms. The van der Waals surface area contributed by atoms with Gasteiger partial charge in [0, 0.05) is 15.2 Å². The molecule has 6 atom stereocenters. The first-order chi connectivity index (χ1) is 18.4. The molecule has 2 saturated carbocycles. The monoisotopic (exact) mass is 635 g/mol. The maximum Gasteiger partial charge on any atom is 0.340 e. The second-order valence-corrected chi connectivity index (χ2v) is 12.1. The van der Waals surface area contributed by atoms with Gasteiger partial charge in [-0.2, -0.15) is 0 Å². The van der Waals surface area contributed by atoms with Gasteiger partial charge in [0.1, 0.15) is 0 Å². The molecular weight excluding hydrogens is 614 g/mol. The Hall–Kier alpha value is -3.10. The first kappa shape index (κ1) is 25.2. The van der Waals surface area contributed by atoms with Crippen molar-refractivity contribution in [1.82, 2.24) is 0 Å². The Morgan fingerprint density at radius 2 is 1.32 bits per heavy atom. The van der Waals surface area contributed by atoms with Gasteiger partial charge in [-0.1, -0.05) is 98.6 Å². The topological polar surface area (TPSA) is 80.8 Å². The molecule has 8 heteroatoms. The van der Waals surface area contributed by atoms with E-state index in [1.807, 2.05) is 42.5 Å². The molecule has 0 aromatic heterocycles. The third-order valence-electron chi connectivity index (χ3n) is 8.00. The van der Waals surface area contributed by atoms with Gasteiger partial charge in [-0.3, -0.25) is 14.4 Å². The third-order valence-corrected chi connectivity index (χ3v) is 11.2. The summed E-state index contributed by atoms with van der Waals surface area (Å²) < 4.78 is 5.36. The molecular formula is C30H23Br2NO5. The summed E-state index contributed by atoms with van der Waals surface area (Å²) in [6, 6.07) is 23.3. The van der Waals surface area contributed by atoms with Crippen LogP contribution in [0.5, 0.6) is 0 Å². The maximum atomic E-state index is 13.5. The van der Waals surface area contributed by atoms with E-state index in [9.17, 15) is 19.2 Å². The number of rotatable bonds is 6. The lowest BCUT2D eigenvalue weighted by atomic mass is 9.81. The lowest BCUT2D eigenvalue weighted by Gasteiger charge is -2.28. The molecule has 0 N–H and O–H groups in total. The van der Waals surface area contributed by atoms with Crippen molar-refractivity contribution in [3.05, 3.63) is 90.0 Å². The summed E-state index contributed by atoms with van der Waals surface area (Å²) in [5, 5.41) is 0. The molecule has 6 nitrogen and oxygen atoms in total. The molecule has 192 valence electrons. The smallest absolute Gasteiger partial charge is 0.340 e. The molecule has 0 radical (unpaired) electrons. The highest BCUT2D eigenvalue weighted by molar-refractivity contribution is 9.12. The number of fused-ring (bicyclic) bond motifs is 5. The van der Waals surface area contributed by atoms with Crippen LogP contribution in [-0.2, 0) is 14.3 Å². The van der Waals surface area contributed by atoms with Crippen molar-refractivity contribution in [1.29, 1.82) is 0 Å². The Kier molecular flexibility index (Phi) is 6.56. The number of para-hydroxylation sites is 1. The number of imide groups is 1. The van der Waals surface area contributed by atoms with E-state index >= 15 is 0 Å². The molecule has 0 spiro atoms. The highest BCUT2D eigenvalue weighted by atomic mass is 79.9. The number of benzene rings is 3. The Morgan fingerprint density at radius 3 is 1.95 bits per heavy atom. The first-order valence-corrected chi connectivity index (χ1v) is 14.3. The fraction of sp³-hybridized carbons (Fsp3) is 0.267. The van der Waals surface area contributed by atoms with Crippen LogP contribution in [-0.4, -0.2) is 39.8 Å². The van der Waals surface area contributed by atoms with Gasteiger partial charge in [0.2, 0.25) is 11.8 Å². The van der Waals surface area contributed by atoms with Gasteiger partial charge in [0.05, 0.1) is 23.1 Å². The van der Waals surface area contributed by atoms with Crippen LogP contribution in [0.4, 0.5) is 5.69 Å². The van der Waals surface area contributed by atoms with Gasteiger partial charge in [0.15, 0.2) is 12.4 Å². The minimum atomic E-state index is -0.757. The normalized spacial score (nSPS) is 27.5. The zero-order valence-electron chi connectivity index (χ0n) is 20.1. The molecule has 6 rings (SSSR count). The lowest BCUT2D eigenvalue weighted by molar-refractivity contribution is -0.123. The number of halogens is 2. The Labute approximate surface area is 236 Å². The number of esters is 1. The van der Waals surface area contributed by atoms with Crippen LogP contribution in [0.1, 0.15) is 27.1 Å². The molecule has 3 aromatic carbocycles. The fourth-order valence-electron chi connectivity index (χ4n) is 6.20. The summed E-state index contributed by atoms with van der Waals surface area (Å²) in [5.41, 5.74) is 2.73. The van der Waals surface area contributed by atoms with E-state index in [0.717, 1.165) is 22.4 Å². The van der Waals surface area contributed by atoms with E-state index in [0.29, 0.717) is 5.56 Å². The van der Waals surface area contributed by atoms with Crippen molar-refractivity contribution in [2.75, 3.05) is 11.5 Å². The number of alkyl halides is 2. The number of amides is 2. The van der Waals surface area contributed by atoms with Gasteiger partial charge in [0.25, 0.3) is 0 Å². The van der Waals surface area contributed by atoms with Crippen LogP contribution in [0.2, 0.25) is 0 Å². The molecule has 1 heterocycles. The zero-order valence-corrected chi connectivity index (χ0v) is 23.3. The number of ether oxygens (including phenoxy) is 1. The minimum absolute atomic E-state index is 0.0702. The van der Waals surface area contributed by atoms with Crippen molar-refractivity contribution < 1.29 is 23.9 Å². The molecule has 3 fully saturated rings. The van der Waals surface area contributed by atoms with Crippen LogP contribution < -0.4 is 4.90 Å². The maximum absolute atomic E-state index is 13.5. The summed E-state index contributed by atoms with van der Waals surface area (Å²) in [6.07, 6.45) is 0.824. The second-order valence-electron chi connectivity index (χ2n) is 9.98. The molecule has 2 aliphatic carbocycles. The molecule has 1 aliphatic heterocycles. The quantitative estimate of drug-likeness (QED) is 0.151. The average molecular weight is 637 g/mol. The number of carbonyl (C=O) groups is 4. The van der Waals surface area contributed by atoms with E-state index in [2.05, 4.69) is 31.9 Å². The molecule has 1 saturated heterocycles. The molecule has 3 aliphatic rings. The van der Waals surface area contributed by atoms with Gasteiger partial charge in [-0.05, 0) is 41.5 Å². The fourth-order valence-corrected chi connectivity index (χ4v) is 8.07. The summed E-state index contributed by atoms with van der Waals surface area (Å²) in [5.74, 6) is -2.29. The number of nitrogens with zero attached hydrogens (tertiary/aromatic N) is 1. The van der Waals surface area contributed by atoms with Gasteiger partial charge >= 0.3 is 5.97 Å². The molecule has 0 unspecified atom stereocenters. The number of hydrogen-bond acceptors (Lipinski definition) is 5. The van der Waals surface area contributed by atoms with E-state index in [1.54, 1.807) is 30.3 Å². The average Bonchev–Trinajstić information content (AvgIpc) is 3.56. The summed E-state index contributed by atoms with van der Waals surface area (Å²) in [7, 11) is 0. The van der Waals surface area contributed by atoms with Crippen molar-refractivity contribution in [3.8, 4) is 11.1 Å². The van der Waals surface area contributed by atoms with Crippen LogP contribution >= 0.6 is 31.9 Å². The molecule has 38 heavy (non-hydrogen) atoms. The number of Topliss-reactive ketones (excluding diaryl/α,β-unsaturated/α-hetero) is 1. The van der Waals surface area contributed by atoms with Crippen LogP contribution in [0.25, 0.3) is 11.1 Å². The minimum Gasteiger partial charge on any atom is -0.454 e. The van der Waals surface area contributed by atoms with Crippen molar-refractivity contribution in [2.45, 2.75) is 16.1 Å². The predicted molar refractivity (Wildman–Crippen MR) is 149 cm³/mol. The second kappa shape index (κ2) is 9.89. The highest BCUT2D eigenvalue weighted by Crippen LogP contribution is 2.60. The summed E-state index contributed by atoms with van der Waals surface area (Å²) in [4.78, 5) is 54.1. The first-order valence-electron chi connectivity index (χ1n) is 12.5. The standard InChI is InChI=1S/C30H23Br2NO5/c31-26-20-14-21(27(26)32)25-24(20)28(35)33(29(25)36)22-9-5-4-8-19(22)30(37)38-15-23(34)18-12-10-17(11-13-18)16-6-2-1-3-7-16/h1-13,20-21,24-27H,14-15H2/t20-,21+,24-,25-,26+,27-/m0/s1. The van der Waals surface area contributed by atoms with Crippen molar-refractivity contribution >= 4 is 61.1 Å². The van der Waals surface area contributed by atoms with E-state index in [-0.39, 0.29) is 50.3 Å². The van der Waals surface area contributed by atoms with E-state index in [4.69, 9.17) is 4.74 Å². The van der Waals surface area contributed by atoms with Crippen LogP contribution in [0, 0.1) is 23.7 Å². The number of carbonyl (C=O) groups excluding carboxylic acids is 4.